The topological polar surface area (TPSA) is 25.2 Å². The molecule has 0 aliphatic heterocycles. The molecule has 1 heterocycles. The molecule has 2 rings (SSSR count). The van der Waals surface area contributed by atoms with Gasteiger partial charge in [-0.05, 0) is 36.6 Å². The van der Waals surface area contributed by atoms with E-state index in [0.29, 0.717) is 12.0 Å². The second kappa shape index (κ2) is 5.87. The number of likely N-dealkylation sites (N-methyl/N-ethyl adjacent to an activating group) is 1. The fourth-order valence-electron chi connectivity index (χ4n) is 2.13. The Bertz CT molecular complexity index is 456. The minimum atomic E-state index is 0.314. The van der Waals surface area contributed by atoms with Gasteiger partial charge in [0, 0.05) is 11.6 Å². The van der Waals surface area contributed by atoms with Crippen molar-refractivity contribution in [1.29, 1.82) is 0 Å². The van der Waals surface area contributed by atoms with Crippen molar-refractivity contribution in [2.24, 2.45) is 0 Å². The zero-order valence-corrected chi connectivity index (χ0v) is 11.3. The summed E-state index contributed by atoms with van der Waals surface area (Å²) in [5.74, 6) is 0.591. The minimum Gasteiger partial charge on any atom is -0.472 e. The SMILES string of the molecule is CNC(Cc1ccc(C(C)C)cc1)c1ccoc1. The van der Waals surface area contributed by atoms with Gasteiger partial charge in [0.25, 0.3) is 0 Å². The van der Waals surface area contributed by atoms with Crippen LogP contribution in [0.2, 0.25) is 0 Å². The molecule has 0 fully saturated rings. The fraction of sp³-hybridized carbons (Fsp3) is 0.375. The van der Waals surface area contributed by atoms with Gasteiger partial charge < -0.3 is 9.73 Å². The standard InChI is InChI=1S/C16H21NO/c1-12(2)14-6-4-13(5-7-14)10-16(17-3)15-8-9-18-11-15/h4-9,11-12,16-17H,10H2,1-3H3. The van der Waals surface area contributed by atoms with Crippen molar-refractivity contribution in [2.75, 3.05) is 7.05 Å². The first-order valence-electron chi connectivity index (χ1n) is 6.49. The number of nitrogens with one attached hydrogen (secondary N) is 1. The molecular weight excluding hydrogens is 222 g/mol. The van der Waals surface area contributed by atoms with Gasteiger partial charge in [0.2, 0.25) is 0 Å². The lowest BCUT2D eigenvalue weighted by atomic mass is 9.97. The fourth-order valence-corrected chi connectivity index (χ4v) is 2.13. The first-order valence-corrected chi connectivity index (χ1v) is 6.49. The predicted octanol–water partition coefficient (Wildman–Crippen LogP) is 3.91. The summed E-state index contributed by atoms with van der Waals surface area (Å²) in [6.07, 6.45) is 4.51. The van der Waals surface area contributed by atoms with Crippen LogP contribution in [0.5, 0.6) is 0 Å². The first kappa shape index (κ1) is 12.9. The Kier molecular flexibility index (Phi) is 4.21. The Morgan fingerprint density at radius 3 is 2.28 bits per heavy atom. The third kappa shape index (κ3) is 3.02. The second-order valence-electron chi connectivity index (χ2n) is 5.00. The normalized spacial score (nSPS) is 12.9. The van der Waals surface area contributed by atoms with Crippen molar-refractivity contribution in [3.05, 3.63) is 59.5 Å². The Balaban J connectivity index is 2.08. The molecule has 1 N–H and O–H groups in total. The van der Waals surface area contributed by atoms with Gasteiger partial charge in [0.15, 0.2) is 0 Å². The molecule has 1 aromatic carbocycles. The molecule has 0 aliphatic carbocycles. The molecule has 1 atom stereocenters. The second-order valence-corrected chi connectivity index (χ2v) is 5.00. The molecule has 1 aromatic heterocycles. The largest absolute Gasteiger partial charge is 0.472 e. The third-order valence-corrected chi connectivity index (χ3v) is 3.38. The molecule has 0 aliphatic rings. The average Bonchev–Trinajstić information content (AvgIpc) is 2.90. The molecule has 96 valence electrons. The van der Waals surface area contributed by atoms with Crippen LogP contribution in [0.15, 0.2) is 47.3 Å². The van der Waals surface area contributed by atoms with Crippen LogP contribution in [-0.2, 0) is 6.42 Å². The molecule has 2 heteroatoms. The van der Waals surface area contributed by atoms with Crippen LogP contribution in [0.4, 0.5) is 0 Å². The summed E-state index contributed by atoms with van der Waals surface area (Å²) in [5.41, 5.74) is 3.94. The van der Waals surface area contributed by atoms with Crippen molar-refractivity contribution in [2.45, 2.75) is 32.2 Å². The van der Waals surface area contributed by atoms with E-state index in [1.165, 1.54) is 16.7 Å². The van der Waals surface area contributed by atoms with Crippen LogP contribution >= 0.6 is 0 Å². The van der Waals surface area contributed by atoms with Gasteiger partial charge in [-0.25, -0.2) is 0 Å². The van der Waals surface area contributed by atoms with E-state index in [1.54, 1.807) is 6.26 Å². The van der Waals surface area contributed by atoms with Crippen molar-refractivity contribution in [3.8, 4) is 0 Å². The lowest BCUT2D eigenvalue weighted by molar-refractivity contribution is 0.542. The summed E-state index contributed by atoms with van der Waals surface area (Å²) in [7, 11) is 1.99. The van der Waals surface area contributed by atoms with Gasteiger partial charge in [0.05, 0.1) is 12.5 Å². The summed E-state index contributed by atoms with van der Waals surface area (Å²) >= 11 is 0. The highest BCUT2D eigenvalue weighted by atomic mass is 16.3. The summed E-state index contributed by atoms with van der Waals surface area (Å²) < 4.78 is 5.15. The summed E-state index contributed by atoms with van der Waals surface area (Å²) in [4.78, 5) is 0. The lowest BCUT2D eigenvalue weighted by Crippen LogP contribution is -2.18. The van der Waals surface area contributed by atoms with Crippen LogP contribution < -0.4 is 5.32 Å². The first-order chi connectivity index (χ1) is 8.70. The van der Waals surface area contributed by atoms with Crippen LogP contribution in [0.3, 0.4) is 0 Å². The van der Waals surface area contributed by atoms with Gasteiger partial charge in [-0.15, -0.1) is 0 Å². The molecule has 1 unspecified atom stereocenters. The third-order valence-electron chi connectivity index (χ3n) is 3.38. The van der Waals surface area contributed by atoms with Crippen LogP contribution in [0.1, 0.15) is 42.5 Å². The maximum atomic E-state index is 5.15. The Morgan fingerprint density at radius 2 is 1.78 bits per heavy atom. The predicted molar refractivity (Wildman–Crippen MR) is 74.7 cm³/mol. The molecule has 2 aromatic rings. The molecule has 0 radical (unpaired) electrons. The van der Waals surface area contributed by atoms with Crippen molar-refractivity contribution in [1.82, 2.24) is 5.32 Å². The molecular formula is C16H21NO. The van der Waals surface area contributed by atoms with Crippen molar-refractivity contribution >= 4 is 0 Å². The van der Waals surface area contributed by atoms with Gasteiger partial charge in [0.1, 0.15) is 0 Å². The summed E-state index contributed by atoms with van der Waals surface area (Å²) in [6, 6.07) is 11.2. The number of benzene rings is 1. The average molecular weight is 243 g/mol. The molecule has 0 saturated carbocycles. The number of hydrogen-bond donors (Lipinski definition) is 1. The molecule has 0 amide bonds. The molecule has 0 spiro atoms. The minimum absolute atomic E-state index is 0.314. The van der Waals surface area contributed by atoms with E-state index in [4.69, 9.17) is 4.42 Å². The summed E-state index contributed by atoms with van der Waals surface area (Å²) in [5, 5.41) is 3.33. The van der Waals surface area contributed by atoms with Crippen molar-refractivity contribution < 1.29 is 4.42 Å². The highest BCUT2D eigenvalue weighted by molar-refractivity contribution is 5.26. The molecule has 18 heavy (non-hydrogen) atoms. The van der Waals surface area contributed by atoms with E-state index >= 15 is 0 Å². The summed E-state index contributed by atoms with van der Waals surface area (Å²) in [6.45, 7) is 4.44. The number of rotatable bonds is 5. The monoisotopic (exact) mass is 243 g/mol. The van der Waals surface area contributed by atoms with E-state index in [-0.39, 0.29) is 0 Å². The van der Waals surface area contributed by atoms with E-state index in [2.05, 4.69) is 43.4 Å². The van der Waals surface area contributed by atoms with Gasteiger partial charge in [-0.3, -0.25) is 0 Å². The smallest absolute Gasteiger partial charge is 0.0950 e. The maximum Gasteiger partial charge on any atom is 0.0950 e. The van der Waals surface area contributed by atoms with E-state index < -0.39 is 0 Å². The number of furan rings is 1. The Labute approximate surface area is 109 Å². The van der Waals surface area contributed by atoms with Crippen LogP contribution in [-0.4, -0.2) is 7.05 Å². The molecule has 0 bridgehead atoms. The van der Waals surface area contributed by atoms with E-state index in [9.17, 15) is 0 Å². The quantitative estimate of drug-likeness (QED) is 0.861. The Morgan fingerprint density at radius 1 is 1.06 bits per heavy atom. The van der Waals surface area contributed by atoms with E-state index in [1.807, 2.05) is 19.4 Å². The molecule has 2 nitrogen and oxygen atoms in total. The van der Waals surface area contributed by atoms with Gasteiger partial charge >= 0.3 is 0 Å². The van der Waals surface area contributed by atoms with Crippen LogP contribution in [0.25, 0.3) is 0 Å². The van der Waals surface area contributed by atoms with Gasteiger partial charge in [-0.1, -0.05) is 38.1 Å². The van der Waals surface area contributed by atoms with E-state index in [0.717, 1.165) is 6.42 Å². The van der Waals surface area contributed by atoms with Crippen molar-refractivity contribution in [3.63, 3.8) is 0 Å². The highest BCUT2D eigenvalue weighted by Crippen LogP contribution is 2.20. The highest BCUT2D eigenvalue weighted by Gasteiger charge is 2.11. The zero-order valence-electron chi connectivity index (χ0n) is 11.3. The lowest BCUT2D eigenvalue weighted by Gasteiger charge is -2.15. The van der Waals surface area contributed by atoms with Crippen LogP contribution in [0, 0.1) is 0 Å². The maximum absolute atomic E-state index is 5.15. The Hall–Kier alpha value is -1.54. The number of hydrogen-bond acceptors (Lipinski definition) is 2. The molecule has 0 saturated heterocycles. The van der Waals surface area contributed by atoms with Gasteiger partial charge in [-0.2, -0.15) is 0 Å². The zero-order chi connectivity index (χ0) is 13.0.